The van der Waals surface area contributed by atoms with Crippen LogP contribution in [0.1, 0.15) is 71.6 Å². The van der Waals surface area contributed by atoms with Crippen molar-refractivity contribution in [3.8, 4) is 0 Å². The second kappa shape index (κ2) is 6.97. The number of nitrogens with one attached hydrogen (secondary N) is 1. The lowest BCUT2D eigenvalue weighted by Crippen LogP contribution is -2.54. The monoisotopic (exact) mass is 294 g/mol. The van der Waals surface area contributed by atoms with E-state index in [4.69, 9.17) is 4.74 Å². The molecule has 122 valence electrons. The van der Waals surface area contributed by atoms with Gasteiger partial charge in [0, 0.05) is 31.3 Å². The van der Waals surface area contributed by atoms with Gasteiger partial charge in [-0.1, -0.05) is 19.3 Å². The molecule has 0 bridgehead atoms. The van der Waals surface area contributed by atoms with Crippen LogP contribution in [0.25, 0.3) is 0 Å². The molecule has 3 rings (SSSR count). The zero-order valence-electron chi connectivity index (χ0n) is 14.1. The first-order chi connectivity index (χ1) is 10.2. The Morgan fingerprint density at radius 1 is 1.14 bits per heavy atom. The molecular formula is C18H34N2O. The van der Waals surface area contributed by atoms with Crippen LogP contribution in [-0.2, 0) is 4.74 Å². The van der Waals surface area contributed by atoms with Crippen LogP contribution in [0.5, 0.6) is 0 Å². The summed E-state index contributed by atoms with van der Waals surface area (Å²) >= 11 is 0. The van der Waals surface area contributed by atoms with Crippen LogP contribution in [-0.4, -0.2) is 48.3 Å². The van der Waals surface area contributed by atoms with E-state index in [9.17, 15) is 0 Å². The van der Waals surface area contributed by atoms with E-state index >= 15 is 0 Å². The Balaban J connectivity index is 1.62. The molecule has 2 atom stereocenters. The summed E-state index contributed by atoms with van der Waals surface area (Å²) in [5.74, 6) is 0. The van der Waals surface area contributed by atoms with E-state index < -0.39 is 0 Å². The molecule has 2 heterocycles. The minimum atomic E-state index is 0.246. The Hall–Kier alpha value is -0.120. The fraction of sp³-hybridized carbons (Fsp3) is 1.00. The highest BCUT2D eigenvalue weighted by Gasteiger charge is 2.42. The molecule has 0 aromatic carbocycles. The van der Waals surface area contributed by atoms with Crippen molar-refractivity contribution in [2.75, 3.05) is 19.7 Å². The third-order valence-electron chi connectivity index (χ3n) is 5.96. The summed E-state index contributed by atoms with van der Waals surface area (Å²) < 4.78 is 6.23. The summed E-state index contributed by atoms with van der Waals surface area (Å²) in [6, 6.07) is 2.10. The van der Waals surface area contributed by atoms with Crippen molar-refractivity contribution < 1.29 is 4.74 Å². The normalized spacial score (nSPS) is 33.1. The standard InChI is InChI=1S/C18H34N2O/c1-15(2)20(14-16-7-3-6-11-19-16)17-8-12-21-18(13-17)9-4-5-10-18/h15-17,19H,3-14H2,1-2H3. The van der Waals surface area contributed by atoms with E-state index in [0.717, 1.165) is 12.6 Å². The first-order valence-corrected chi connectivity index (χ1v) is 9.32. The van der Waals surface area contributed by atoms with Gasteiger partial charge in [0.05, 0.1) is 5.60 Å². The van der Waals surface area contributed by atoms with Gasteiger partial charge < -0.3 is 10.1 Å². The number of hydrogen-bond acceptors (Lipinski definition) is 3. The quantitative estimate of drug-likeness (QED) is 0.861. The van der Waals surface area contributed by atoms with Crippen LogP contribution in [0.15, 0.2) is 0 Å². The van der Waals surface area contributed by atoms with Gasteiger partial charge in [-0.25, -0.2) is 0 Å². The van der Waals surface area contributed by atoms with Crippen molar-refractivity contribution in [3.63, 3.8) is 0 Å². The molecule has 0 amide bonds. The van der Waals surface area contributed by atoms with Gasteiger partial charge >= 0.3 is 0 Å². The predicted octanol–water partition coefficient (Wildman–Crippen LogP) is 3.33. The average molecular weight is 294 g/mol. The van der Waals surface area contributed by atoms with Crippen LogP contribution in [0.3, 0.4) is 0 Å². The van der Waals surface area contributed by atoms with E-state index in [1.807, 2.05) is 0 Å². The number of hydrogen-bond donors (Lipinski definition) is 1. The summed E-state index contributed by atoms with van der Waals surface area (Å²) in [4.78, 5) is 2.78. The second-order valence-electron chi connectivity index (χ2n) is 7.82. The third kappa shape index (κ3) is 3.80. The van der Waals surface area contributed by atoms with Crippen LogP contribution < -0.4 is 5.32 Å². The van der Waals surface area contributed by atoms with Crippen molar-refractivity contribution in [1.82, 2.24) is 10.2 Å². The number of piperidine rings is 1. The molecule has 2 aliphatic heterocycles. The topological polar surface area (TPSA) is 24.5 Å². The number of nitrogens with zero attached hydrogens (tertiary/aromatic N) is 1. The predicted molar refractivity (Wildman–Crippen MR) is 87.7 cm³/mol. The van der Waals surface area contributed by atoms with E-state index in [1.54, 1.807) is 0 Å². The van der Waals surface area contributed by atoms with E-state index in [2.05, 4.69) is 24.1 Å². The molecule has 0 radical (unpaired) electrons. The molecule has 3 aliphatic rings. The summed E-state index contributed by atoms with van der Waals surface area (Å²) in [5, 5.41) is 3.73. The molecule has 1 N–H and O–H groups in total. The van der Waals surface area contributed by atoms with Crippen molar-refractivity contribution >= 4 is 0 Å². The minimum absolute atomic E-state index is 0.246. The molecule has 0 aromatic heterocycles. The van der Waals surface area contributed by atoms with Gasteiger partial charge in [0.1, 0.15) is 0 Å². The van der Waals surface area contributed by atoms with Crippen molar-refractivity contribution in [2.45, 2.75) is 95.4 Å². The lowest BCUT2D eigenvalue weighted by molar-refractivity contribution is -0.106. The zero-order valence-corrected chi connectivity index (χ0v) is 14.1. The Bertz CT molecular complexity index is 319. The first kappa shape index (κ1) is 15.8. The van der Waals surface area contributed by atoms with E-state index in [0.29, 0.717) is 12.1 Å². The smallest absolute Gasteiger partial charge is 0.0697 e. The van der Waals surface area contributed by atoms with Crippen molar-refractivity contribution in [1.29, 1.82) is 0 Å². The van der Waals surface area contributed by atoms with Crippen LogP contribution in [0, 0.1) is 0 Å². The van der Waals surface area contributed by atoms with Gasteiger partial charge in [-0.15, -0.1) is 0 Å². The molecule has 1 aliphatic carbocycles. The Kier molecular flexibility index (Phi) is 5.23. The molecule has 3 fully saturated rings. The fourth-order valence-electron chi connectivity index (χ4n) is 4.77. The molecular weight excluding hydrogens is 260 g/mol. The van der Waals surface area contributed by atoms with Crippen LogP contribution in [0.4, 0.5) is 0 Å². The van der Waals surface area contributed by atoms with Gasteiger partial charge in [-0.3, -0.25) is 4.90 Å². The maximum absolute atomic E-state index is 6.23. The van der Waals surface area contributed by atoms with Gasteiger partial charge in [0.15, 0.2) is 0 Å². The first-order valence-electron chi connectivity index (χ1n) is 9.32. The van der Waals surface area contributed by atoms with E-state index in [-0.39, 0.29) is 5.60 Å². The number of ether oxygens (including phenoxy) is 1. The highest BCUT2D eigenvalue weighted by molar-refractivity contribution is 4.95. The number of rotatable bonds is 4. The van der Waals surface area contributed by atoms with Crippen LogP contribution >= 0.6 is 0 Å². The molecule has 2 saturated heterocycles. The van der Waals surface area contributed by atoms with Gasteiger partial charge in [-0.05, 0) is 58.9 Å². The van der Waals surface area contributed by atoms with Gasteiger partial charge in [0.2, 0.25) is 0 Å². The maximum atomic E-state index is 6.23. The third-order valence-corrected chi connectivity index (χ3v) is 5.96. The summed E-state index contributed by atoms with van der Waals surface area (Å²) in [7, 11) is 0. The van der Waals surface area contributed by atoms with Crippen LogP contribution in [0.2, 0.25) is 0 Å². The lowest BCUT2D eigenvalue weighted by atomic mass is 9.87. The molecule has 3 heteroatoms. The minimum Gasteiger partial charge on any atom is -0.375 e. The zero-order chi connectivity index (χ0) is 14.7. The summed E-state index contributed by atoms with van der Waals surface area (Å²) in [6.07, 6.45) is 12.0. The summed E-state index contributed by atoms with van der Waals surface area (Å²) in [5.41, 5.74) is 0.246. The Morgan fingerprint density at radius 3 is 2.62 bits per heavy atom. The Morgan fingerprint density at radius 2 is 1.95 bits per heavy atom. The van der Waals surface area contributed by atoms with Crippen molar-refractivity contribution in [2.24, 2.45) is 0 Å². The molecule has 1 spiro atoms. The molecule has 0 aromatic rings. The highest BCUT2D eigenvalue weighted by Crippen LogP contribution is 2.41. The molecule has 1 saturated carbocycles. The lowest BCUT2D eigenvalue weighted by Gasteiger charge is -2.46. The highest BCUT2D eigenvalue weighted by atomic mass is 16.5. The fourth-order valence-corrected chi connectivity index (χ4v) is 4.77. The molecule has 3 nitrogen and oxygen atoms in total. The molecule has 21 heavy (non-hydrogen) atoms. The summed E-state index contributed by atoms with van der Waals surface area (Å²) in [6.45, 7) is 8.18. The largest absolute Gasteiger partial charge is 0.375 e. The Labute approximate surface area is 130 Å². The SMILES string of the molecule is CC(C)N(CC1CCCCN1)C1CCOC2(CCCC2)C1. The van der Waals surface area contributed by atoms with Gasteiger partial charge in [-0.2, -0.15) is 0 Å². The van der Waals surface area contributed by atoms with Gasteiger partial charge in [0.25, 0.3) is 0 Å². The van der Waals surface area contributed by atoms with Crippen molar-refractivity contribution in [3.05, 3.63) is 0 Å². The molecule has 2 unspecified atom stereocenters. The average Bonchev–Trinajstić information content (AvgIpc) is 2.93. The second-order valence-corrected chi connectivity index (χ2v) is 7.82. The maximum Gasteiger partial charge on any atom is 0.0697 e. The van der Waals surface area contributed by atoms with E-state index in [1.165, 1.54) is 70.9 Å².